The first-order valence-electron chi connectivity index (χ1n) is 8.28. The van der Waals surface area contributed by atoms with Crippen LogP contribution in [-0.2, 0) is 0 Å². The lowest BCUT2D eigenvalue weighted by Crippen LogP contribution is -2.37. The van der Waals surface area contributed by atoms with E-state index in [1.165, 1.54) is 6.07 Å². The largest absolute Gasteiger partial charge is 0.394 e. The van der Waals surface area contributed by atoms with Crippen molar-refractivity contribution in [3.8, 4) is 0 Å². The van der Waals surface area contributed by atoms with Gasteiger partial charge in [0.15, 0.2) is 0 Å². The highest BCUT2D eigenvalue weighted by Gasteiger charge is 2.28. The van der Waals surface area contributed by atoms with E-state index in [4.69, 9.17) is 23.2 Å². The maximum Gasteiger partial charge on any atom is 0.257 e. The number of likely N-dealkylation sites (tertiary alicyclic amines) is 1. The van der Waals surface area contributed by atoms with E-state index in [0.717, 1.165) is 12.8 Å². The molecule has 1 aliphatic heterocycles. The fourth-order valence-corrected chi connectivity index (χ4v) is 3.56. The third-order valence-electron chi connectivity index (χ3n) is 4.39. The second kappa shape index (κ2) is 8.08. The molecule has 7 heteroatoms. The van der Waals surface area contributed by atoms with Crippen molar-refractivity contribution in [1.82, 2.24) is 4.90 Å². The summed E-state index contributed by atoms with van der Waals surface area (Å²) in [5, 5.41) is 12.8. The van der Waals surface area contributed by atoms with Gasteiger partial charge in [0.2, 0.25) is 0 Å². The Hall–Kier alpha value is -2.08. The highest BCUT2D eigenvalue weighted by Crippen LogP contribution is 2.24. The molecule has 0 bridgehead atoms. The van der Waals surface area contributed by atoms with E-state index >= 15 is 0 Å². The molecule has 2 aromatic rings. The van der Waals surface area contributed by atoms with Crippen molar-refractivity contribution >= 4 is 40.7 Å². The number of aliphatic hydroxyl groups is 1. The summed E-state index contributed by atoms with van der Waals surface area (Å²) < 4.78 is 0. The molecule has 2 N–H and O–H groups in total. The van der Waals surface area contributed by atoms with Crippen molar-refractivity contribution in [2.75, 3.05) is 18.5 Å². The summed E-state index contributed by atoms with van der Waals surface area (Å²) in [6.45, 7) is 0.582. The number of carbonyl (C=O) groups excluding carboxylic acids is 2. The Morgan fingerprint density at radius 2 is 2.00 bits per heavy atom. The van der Waals surface area contributed by atoms with Gasteiger partial charge in [0.25, 0.3) is 11.8 Å². The summed E-state index contributed by atoms with van der Waals surface area (Å²) in [6.07, 6.45) is 1.68. The van der Waals surface area contributed by atoms with Gasteiger partial charge in [-0.15, -0.1) is 0 Å². The number of benzene rings is 2. The van der Waals surface area contributed by atoms with Crippen LogP contribution in [0.1, 0.15) is 33.6 Å². The van der Waals surface area contributed by atoms with Crippen LogP contribution < -0.4 is 5.32 Å². The van der Waals surface area contributed by atoms with Crippen LogP contribution >= 0.6 is 23.2 Å². The van der Waals surface area contributed by atoms with E-state index in [2.05, 4.69) is 5.32 Å². The molecule has 0 aliphatic carbocycles. The molecular formula is C19H18Cl2N2O3. The predicted molar refractivity (Wildman–Crippen MR) is 102 cm³/mol. The van der Waals surface area contributed by atoms with Crippen molar-refractivity contribution in [2.45, 2.75) is 18.9 Å². The number of nitrogens with zero attached hydrogens (tertiary/aromatic N) is 1. The van der Waals surface area contributed by atoms with Gasteiger partial charge in [-0.2, -0.15) is 0 Å². The Bertz CT molecular complexity index is 841. The number of carbonyl (C=O) groups is 2. The van der Waals surface area contributed by atoms with Crippen LogP contribution in [0.15, 0.2) is 42.5 Å². The number of aliphatic hydroxyl groups excluding tert-OH is 1. The minimum absolute atomic E-state index is 0.0444. The summed E-state index contributed by atoms with van der Waals surface area (Å²) in [5.74, 6) is -0.534. The molecule has 1 aliphatic rings. The van der Waals surface area contributed by atoms with Crippen LogP contribution in [0, 0.1) is 0 Å². The van der Waals surface area contributed by atoms with Gasteiger partial charge < -0.3 is 15.3 Å². The zero-order chi connectivity index (χ0) is 18.7. The third kappa shape index (κ3) is 4.01. The van der Waals surface area contributed by atoms with Gasteiger partial charge >= 0.3 is 0 Å². The van der Waals surface area contributed by atoms with E-state index < -0.39 is 0 Å². The number of amides is 2. The highest BCUT2D eigenvalue weighted by atomic mass is 35.5. The molecule has 0 unspecified atom stereocenters. The highest BCUT2D eigenvalue weighted by molar-refractivity contribution is 6.37. The van der Waals surface area contributed by atoms with Crippen LogP contribution in [-0.4, -0.2) is 41.0 Å². The Morgan fingerprint density at radius 3 is 2.73 bits per heavy atom. The minimum Gasteiger partial charge on any atom is -0.394 e. The molecule has 26 heavy (non-hydrogen) atoms. The Morgan fingerprint density at radius 1 is 1.19 bits per heavy atom. The van der Waals surface area contributed by atoms with E-state index in [-0.39, 0.29) is 29.5 Å². The number of hydrogen-bond acceptors (Lipinski definition) is 3. The summed E-state index contributed by atoms with van der Waals surface area (Å²) >= 11 is 11.9. The molecule has 2 amide bonds. The fraction of sp³-hybridized carbons (Fsp3) is 0.263. The van der Waals surface area contributed by atoms with Gasteiger partial charge in [-0.05, 0) is 49.2 Å². The normalized spacial score (nSPS) is 16.6. The van der Waals surface area contributed by atoms with Gasteiger partial charge in [0.05, 0.1) is 23.2 Å². The number of hydrogen-bond donors (Lipinski definition) is 2. The second-order valence-electron chi connectivity index (χ2n) is 6.14. The zero-order valence-corrected chi connectivity index (χ0v) is 15.4. The molecule has 1 atom stereocenters. The van der Waals surface area contributed by atoms with Gasteiger partial charge in [-0.3, -0.25) is 9.59 Å². The molecule has 136 valence electrons. The van der Waals surface area contributed by atoms with Gasteiger partial charge in [0, 0.05) is 22.8 Å². The number of halogens is 2. The van der Waals surface area contributed by atoms with Gasteiger partial charge in [0.1, 0.15) is 0 Å². The minimum atomic E-state index is -0.384. The van der Waals surface area contributed by atoms with Crippen molar-refractivity contribution in [1.29, 1.82) is 0 Å². The maximum atomic E-state index is 12.7. The Balaban J connectivity index is 1.77. The molecule has 0 saturated carbocycles. The summed E-state index contributed by atoms with van der Waals surface area (Å²) in [5.41, 5.74) is 1.25. The van der Waals surface area contributed by atoms with Crippen LogP contribution in [0.3, 0.4) is 0 Å². The fourth-order valence-electron chi connectivity index (χ4n) is 3.06. The second-order valence-corrected chi connectivity index (χ2v) is 6.98. The molecule has 0 aromatic heterocycles. The first-order chi connectivity index (χ1) is 12.5. The molecule has 2 aromatic carbocycles. The molecule has 5 nitrogen and oxygen atoms in total. The number of anilines is 1. The van der Waals surface area contributed by atoms with Crippen LogP contribution in [0.25, 0.3) is 0 Å². The molecular weight excluding hydrogens is 375 g/mol. The van der Waals surface area contributed by atoms with E-state index in [1.54, 1.807) is 41.3 Å². The van der Waals surface area contributed by atoms with E-state index in [0.29, 0.717) is 28.4 Å². The lowest BCUT2D eigenvalue weighted by atomic mass is 10.1. The standard InChI is InChI=1S/C19H18Cl2N2O3/c20-13-6-7-16(17(21)10-13)18(25)22-14-4-1-3-12(9-14)19(26)23-8-2-5-15(23)11-24/h1,3-4,6-7,9-10,15,24H,2,5,8,11H2,(H,22,25)/t15-/m1/s1. The summed E-state index contributed by atoms with van der Waals surface area (Å²) in [4.78, 5) is 26.8. The molecule has 1 saturated heterocycles. The van der Waals surface area contributed by atoms with Gasteiger partial charge in [-0.25, -0.2) is 0 Å². The third-order valence-corrected chi connectivity index (χ3v) is 4.94. The smallest absolute Gasteiger partial charge is 0.257 e. The molecule has 0 radical (unpaired) electrons. The maximum absolute atomic E-state index is 12.7. The first kappa shape index (κ1) is 18.7. The number of nitrogens with one attached hydrogen (secondary N) is 1. The SMILES string of the molecule is O=C(Nc1cccc(C(=O)N2CCC[C@@H]2CO)c1)c1ccc(Cl)cc1Cl. The molecule has 0 spiro atoms. The van der Waals surface area contributed by atoms with Gasteiger partial charge in [-0.1, -0.05) is 29.3 Å². The first-order valence-corrected chi connectivity index (χ1v) is 9.03. The van der Waals surface area contributed by atoms with Crippen LogP contribution in [0.2, 0.25) is 10.0 Å². The molecule has 1 fully saturated rings. The number of rotatable bonds is 4. The van der Waals surface area contributed by atoms with E-state index in [1.807, 2.05) is 0 Å². The Kier molecular flexibility index (Phi) is 5.81. The molecule has 1 heterocycles. The molecule has 3 rings (SSSR count). The monoisotopic (exact) mass is 392 g/mol. The quantitative estimate of drug-likeness (QED) is 0.829. The van der Waals surface area contributed by atoms with Crippen molar-refractivity contribution < 1.29 is 14.7 Å². The summed E-state index contributed by atoms with van der Waals surface area (Å²) in [6, 6.07) is 11.2. The van der Waals surface area contributed by atoms with E-state index in [9.17, 15) is 14.7 Å². The topological polar surface area (TPSA) is 69.6 Å². The average molecular weight is 393 g/mol. The lowest BCUT2D eigenvalue weighted by molar-refractivity contribution is 0.0677. The van der Waals surface area contributed by atoms with Crippen LogP contribution in [0.4, 0.5) is 5.69 Å². The zero-order valence-electron chi connectivity index (χ0n) is 13.9. The predicted octanol–water partition coefficient (Wildman–Crippen LogP) is 3.84. The van der Waals surface area contributed by atoms with Crippen molar-refractivity contribution in [3.05, 3.63) is 63.6 Å². The van der Waals surface area contributed by atoms with Crippen molar-refractivity contribution in [2.24, 2.45) is 0 Å². The lowest BCUT2D eigenvalue weighted by Gasteiger charge is -2.23. The van der Waals surface area contributed by atoms with Crippen LogP contribution in [0.5, 0.6) is 0 Å². The average Bonchev–Trinajstić information content (AvgIpc) is 3.09. The Labute approximate surface area is 161 Å². The summed E-state index contributed by atoms with van der Waals surface area (Å²) in [7, 11) is 0. The van der Waals surface area contributed by atoms with Crippen molar-refractivity contribution in [3.63, 3.8) is 0 Å².